The maximum atomic E-state index is 12.4. The number of carbonyl (C=O) groups is 1. The largest absolute Gasteiger partial charge is 0.454 e. The lowest BCUT2D eigenvalue weighted by Gasteiger charge is -2.12. The van der Waals surface area contributed by atoms with Gasteiger partial charge in [-0.1, -0.05) is 6.07 Å². The van der Waals surface area contributed by atoms with Crippen LogP contribution in [0, 0.1) is 10.1 Å². The van der Waals surface area contributed by atoms with E-state index < -0.39 is 4.92 Å². The second kappa shape index (κ2) is 5.52. The number of carbonyl (C=O) groups excluding carboxylic acids is 1. The van der Waals surface area contributed by atoms with Crippen molar-refractivity contribution in [1.29, 1.82) is 0 Å². The number of nitro groups is 1. The Balaban J connectivity index is 1.46. The summed E-state index contributed by atoms with van der Waals surface area (Å²) in [6, 6.07) is 9.84. The average Bonchev–Trinajstić information content (AvgIpc) is 3.18. The lowest BCUT2D eigenvalue weighted by atomic mass is 10.1. The lowest BCUT2D eigenvalue weighted by molar-refractivity contribution is -0.384. The van der Waals surface area contributed by atoms with Crippen LogP contribution in [-0.2, 0) is 12.8 Å². The molecule has 0 saturated carbocycles. The summed E-state index contributed by atoms with van der Waals surface area (Å²) < 4.78 is 10.5. The van der Waals surface area contributed by atoms with Gasteiger partial charge in [-0.15, -0.1) is 0 Å². The first-order valence-electron chi connectivity index (χ1n) is 7.57. The number of fused-ring (bicyclic) bond motifs is 2. The van der Waals surface area contributed by atoms with Gasteiger partial charge in [0.25, 0.3) is 11.6 Å². The highest BCUT2D eigenvalue weighted by molar-refractivity contribution is 5.95. The molecule has 0 bridgehead atoms. The van der Waals surface area contributed by atoms with Crippen molar-refractivity contribution in [3.8, 4) is 11.5 Å². The molecule has 2 aromatic rings. The smallest absolute Gasteiger partial charge is 0.269 e. The third-order valence-electron chi connectivity index (χ3n) is 4.30. The van der Waals surface area contributed by atoms with Crippen LogP contribution in [0.25, 0.3) is 0 Å². The van der Waals surface area contributed by atoms with Crippen LogP contribution in [0.3, 0.4) is 0 Å². The van der Waals surface area contributed by atoms with Gasteiger partial charge in [0, 0.05) is 23.7 Å². The van der Waals surface area contributed by atoms with Gasteiger partial charge in [-0.05, 0) is 42.2 Å². The number of benzene rings is 2. The Morgan fingerprint density at radius 2 is 1.88 bits per heavy atom. The number of rotatable bonds is 3. The van der Waals surface area contributed by atoms with Crippen LogP contribution in [0.5, 0.6) is 11.5 Å². The van der Waals surface area contributed by atoms with Crippen LogP contribution < -0.4 is 14.8 Å². The van der Waals surface area contributed by atoms with E-state index in [1.165, 1.54) is 6.07 Å². The van der Waals surface area contributed by atoms with E-state index in [-0.39, 0.29) is 24.4 Å². The van der Waals surface area contributed by atoms with E-state index in [1.54, 1.807) is 30.3 Å². The SMILES string of the molecule is O=C(NC1Cc2ccc([N+](=O)[O-])cc2C1)c1ccc2c(c1)OCO2. The van der Waals surface area contributed by atoms with Crippen molar-refractivity contribution in [2.24, 2.45) is 0 Å². The van der Waals surface area contributed by atoms with Gasteiger partial charge in [0.2, 0.25) is 6.79 Å². The van der Waals surface area contributed by atoms with Crippen LogP contribution in [-0.4, -0.2) is 23.7 Å². The Kier molecular flexibility index (Phi) is 3.34. The standard InChI is InChI=1S/C17H14N2O5/c20-17(11-2-4-15-16(8-11)24-9-23-15)18-13-5-10-1-3-14(19(21)22)7-12(10)6-13/h1-4,7-8,13H,5-6,9H2,(H,18,20). The zero-order valence-electron chi connectivity index (χ0n) is 12.7. The van der Waals surface area contributed by atoms with E-state index >= 15 is 0 Å². The minimum Gasteiger partial charge on any atom is -0.454 e. The Hall–Kier alpha value is -3.09. The summed E-state index contributed by atoms with van der Waals surface area (Å²) in [6.45, 7) is 0.164. The summed E-state index contributed by atoms with van der Waals surface area (Å²) in [4.78, 5) is 22.9. The van der Waals surface area contributed by atoms with Crippen LogP contribution in [0.2, 0.25) is 0 Å². The van der Waals surface area contributed by atoms with E-state index in [9.17, 15) is 14.9 Å². The number of hydrogen-bond acceptors (Lipinski definition) is 5. The topological polar surface area (TPSA) is 90.7 Å². The molecular weight excluding hydrogens is 312 g/mol. The van der Waals surface area contributed by atoms with Crippen LogP contribution in [0.4, 0.5) is 5.69 Å². The minimum atomic E-state index is -0.404. The van der Waals surface area contributed by atoms with Gasteiger partial charge >= 0.3 is 0 Å². The molecule has 1 atom stereocenters. The highest BCUT2D eigenvalue weighted by Gasteiger charge is 2.25. The number of amides is 1. The summed E-state index contributed by atoms with van der Waals surface area (Å²) in [5.74, 6) is 1.00. The molecule has 4 rings (SSSR count). The van der Waals surface area contributed by atoms with Gasteiger partial charge in [0.05, 0.1) is 4.92 Å². The van der Waals surface area contributed by atoms with E-state index in [2.05, 4.69) is 5.32 Å². The number of nitrogens with one attached hydrogen (secondary N) is 1. The van der Waals surface area contributed by atoms with Gasteiger partial charge in [-0.2, -0.15) is 0 Å². The predicted molar refractivity (Wildman–Crippen MR) is 84.3 cm³/mol. The Morgan fingerprint density at radius 1 is 1.08 bits per heavy atom. The molecule has 1 aliphatic carbocycles. The van der Waals surface area contributed by atoms with Crippen molar-refractivity contribution in [2.45, 2.75) is 18.9 Å². The monoisotopic (exact) mass is 326 g/mol. The summed E-state index contributed by atoms with van der Waals surface area (Å²) in [7, 11) is 0. The normalized spacial score (nSPS) is 17.4. The van der Waals surface area contributed by atoms with E-state index in [0.29, 0.717) is 29.9 Å². The molecule has 1 heterocycles. The maximum absolute atomic E-state index is 12.4. The van der Waals surface area contributed by atoms with Crippen molar-refractivity contribution < 1.29 is 19.2 Å². The quantitative estimate of drug-likeness (QED) is 0.690. The number of ether oxygens (including phenoxy) is 2. The van der Waals surface area contributed by atoms with Crippen molar-refractivity contribution in [3.63, 3.8) is 0 Å². The van der Waals surface area contributed by atoms with E-state index in [0.717, 1.165) is 11.1 Å². The highest BCUT2D eigenvalue weighted by atomic mass is 16.7. The maximum Gasteiger partial charge on any atom is 0.269 e. The minimum absolute atomic E-state index is 0.0695. The first-order chi connectivity index (χ1) is 11.6. The molecule has 7 heteroatoms. The van der Waals surface area contributed by atoms with E-state index in [1.807, 2.05) is 0 Å². The Labute approximate surface area is 137 Å². The van der Waals surface area contributed by atoms with Crippen molar-refractivity contribution in [2.75, 3.05) is 6.79 Å². The van der Waals surface area contributed by atoms with Crippen molar-refractivity contribution in [3.05, 3.63) is 63.2 Å². The molecule has 1 aliphatic heterocycles. The molecule has 122 valence electrons. The molecule has 0 spiro atoms. The molecule has 0 fully saturated rings. The number of hydrogen-bond donors (Lipinski definition) is 1. The molecule has 2 aromatic carbocycles. The first-order valence-corrected chi connectivity index (χ1v) is 7.57. The summed E-state index contributed by atoms with van der Waals surface area (Å²) in [6.07, 6.45) is 1.26. The fraction of sp³-hybridized carbons (Fsp3) is 0.235. The molecule has 1 unspecified atom stereocenters. The molecule has 0 aromatic heterocycles. The molecule has 2 aliphatic rings. The van der Waals surface area contributed by atoms with Crippen LogP contribution in [0.15, 0.2) is 36.4 Å². The van der Waals surface area contributed by atoms with Gasteiger partial charge in [-0.25, -0.2) is 0 Å². The van der Waals surface area contributed by atoms with Gasteiger partial charge in [0.15, 0.2) is 11.5 Å². The third-order valence-corrected chi connectivity index (χ3v) is 4.30. The second-order valence-corrected chi connectivity index (χ2v) is 5.86. The lowest BCUT2D eigenvalue weighted by Crippen LogP contribution is -2.35. The first kappa shape index (κ1) is 14.5. The van der Waals surface area contributed by atoms with E-state index in [4.69, 9.17) is 9.47 Å². The zero-order valence-corrected chi connectivity index (χ0v) is 12.7. The summed E-state index contributed by atoms with van der Waals surface area (Å²) >= 11 is 0. The Morgan fingerprint density at radius 3 is 2.71 bits per heavy atom. The third kappa shape index (κ3) is 2.54. The fourth-order valence-corrected chi connectivity index (χ4v) is 3.13. The molecule has 7 nitrogen and oxygen atoms in total. The number of non-ortho nitro benzene ring substituents is 1. The fourth-order valence-electron chi connectivity index (χ4n) is 3.13. The molecule has 24 heavy (non-hydrogen) atoms. The highest BCUT2D eigenvalue weighted by Crippen LogP contribution is 2.32. The summed E-state index contributed by atoms with van der Waals surface area (Å²) in [5, 5.41) is 13.8. The molecule has 0 radical (unpaired) electrons. The van der Waals surface area contributed by atoms with Gasteiger partial charge in [-0.3, -0.25) is 14.9 Å². The van der Waals surface area contributed by atoms with Crippen molar-refractivity contribution in [1.82, 2.24) is 5.32 Å². The number of nitrogens with zero attached hydrogens (tertiary/aromatic N) is 1. The zero-order chi connectivity index (χ0) is 16.7. The molecule has 0 saturated heterocycles. The molecule has 1 N–H and O–H groups in total. The number of nitro benzene ring substituents is 1. The predicted octanol–water partition coefficient (Wildman–Crippen LogP) is 2.22. The van der Waals surface area contributed by atoms with Crippen molar-refractivity contribution >= 4 is 11.6 Å². The average molecular weight is 326 g/mol. The van der Waals surface area contributed by atoms with Gasteiger partial charge in [0.1, 0.15) is 0 Å². The van der Waals surface area contributed by atoms with Crippen LogP contribution in [0.1, 0.15) is 21.5 Å². The Bertz CT molecular complexity index is 849. The second-order valence-electron chi connectivity index (χ2n) is 5.86. The summed E-state index contributed by atoms with van der Waals surface area (Å²) in [5.41, 5.74) is 2.54. The van der Waals surface area contributed by atoms with Crippen LogP contribution >= 0.6 is 0 Å². The molecular formula is C17H14N2O5. The molecule has 1 amide bonds. The van der Waals surface area contributed by atoms with Gasteiger partial charge < -0.3 is 14.8 Å².